The zero-order chi connectivity index (χ0) is 20.7. The second kappa shape index (κ2) is 9.72. The lowest BCUT2D eigenvalue weighted by molar-refractivity contribution is 0.0909. The summed E-state index contributed by atoms with van der Waals surface area (Å²) in [7, 11) is 0. The first-order chi connectivity index (χ1) is 13.3. The average Bonchev–Trinajstić information content (AvgIpc) is 2.67. The summed E-state index contributed by atoms with van der Waals surface area (Å²) in [4.78, 5) is 26.1. The highest BCUT2D eigenvalue weighted by molar-refractivity contribution is 5.94. The van der Waals surface area contributed by atoms with Crippen molar-refractivity contribution in [2.45, 2.75) is 78.3 Å². The summed E-state index contributed by atoms with van der Waals surface area (Å²) in [6, 6.07) is 11.6. The SMILES string of the molecule is CCCCn1cc([C@@H](C)CCC)cc(C(=O)NC(C)(C)c2ccccc2)c1=O. The van der Waals surface area contributed by atoms with Crippen molar-refractivity contribution in [1.29, 1.82) is 0 Å². The van der Waals surface area contributed by atoms with Crippen molar-refractivity contribution < 1.29 is 4.79 Å². The van der Waals surface area contributed by atoms with Crippen molar-refractivity contribution >= 4 is 5.91 Å². The van der Waals surface area contributed by atoms with Crippen molar-refractivity contribution in [1.82, 2.24) is 9.88 Å². The number of nitrogens with zero attached hydrogens (tertiary/aromatic N) is 1. The van der Waals surface area contributed by atoms with Gasteiger partial charge in [0.2, 0.25) is 0 Å². The molecular formula is C24H34N2O2. The van der Waals surface area contributed by atoms with Gasteiger partial charge < -0.3 is 9.88 Å². The normalized spacial score (nSPS) is 12.6. The van der Waals surface area contributed by atoms with E-state index in [2.05, 4.69) is 26.1 Å². The second-order valence-electron chi connectivity index (χ2n) is 8.17. The van der Waals surface area contributed by atoms with E-state index in [-0.39, 0.29) is 17.0 Å². The van der Waals surface area contributed by atoms with Crippen LogP contribution < -0.4 is 10.9 Å². The number of hydrogen-bond acceptors (Lipinski definition) is 2. The molecule has 4 heteroatoms. The summed E-state index contributed by atoms with van der Waals surface area (Å²) < 4.78 is 1.72. The molecule has 1 amide bonds. The van der Waals surface area contributed by atoms with E-state index in [0.717, 1.165) is 36.8 Å². The molecule has 2 aromatic rings. The lowest BCUT2D eigenvalue weighted by Gasteiger charge is -2.27. The maximum absolute atomic E-state index is 13.1. The molecule has 1 heterocycles. The molecule has 1 aromatic heterocycles. The largest absolute Gasteiger partial charge is 0.343 e. The van der Waals surface area contributed by atoms with Gasteiger partial charge in [-0.2, -0.15) is 0 Å². The van der Waals surface area contributed by atoms with Gasteiger partial charge >= 0.3 is 0 Å². The first-order valence-electron chi connectivity index (χ1n) is 10.4. The number of hydrogen-bond donors (Lipinski definition) is 1. The number of rotatable bonds is 9. The lowest BCUT2D eigenvalue weighted by Crippen LogP contribution is -2.43. The minimum absolute atomic E-state index is 0.206. The number of pyridine rings is 1. The van der Waals surface area contributed by atoms with E-state index in [1.54, 1.807) is 10.6 Å². The van der Waals surface area contributed by atoms with Crippen molar-refractivity contribution in [3.8, 4) is 0 Å². The van der Waals surface area contributed by atoms with Gasteiger partial charge in [-0.3, -0.25) is 9.59 Å². The van der Waals surface area contributed by atoms with E-state index >= 15 is 0 Å². The maximum Gasteiger partial charge on any atom is 0.263 e. The molecule has 1 aromatic carbocycles. The number of aromatic nitrogens is 1. The van der Waals surface area contributed by atoms with Gasteiger partial charge in [-0.15, -0.1) is 0 Å². The van der Waals surface area contributed by atoms with Gasteiger partial charge in [0.05, 0.1) is 5.54 Å². The second-order valence-corrected chi connectivity index (χ2v) is 8.17. The van der Waals surface area contributed by atoms with E-state index in [0.29, 0.717) is 12.5 Å². The number of nitrogens with one attached hydrogen (secondary N) is 1. The number of unbranched alkanes of at least 4 members (excludes halogenated alkanes) is 1. The fourth-order valence-electron chi connectivity index (χ4n) is 3.46. The first-order valence-corrected chi connectivity index (χ1v) is 10.4. The first kappa shape index (κ1) is 21.9. The lowest BCUT2D eigenvalue weighted by atomic mass is 9.93. The van der Waals surface area contributed by atoms with Crippen LogP contribution in [0.15, 0.2) is 47.4 Å². The van der Waals surface area contributed by atoms with Crippen LogP contribution in [-0.2, 0) is 12.1 Å². The molecule has 2 rings (SSSR count). The number of carbonyl (C=O) groups excluding carboxylic acids is 1. The molecule has 0 aliphatic rings. The van der Waals surface area contributed by atoms with Crippen LogP contribution in [0.2, 0.25) is 0 Å². The summed E-state index contributed by atoms with van der Waals surface area (Å²) in [5, 5.41) is 3.06. The molecule has 0 spiro atoms. The van der Waals surface area contributed by atoms with Gasteiger partial charge in [-0.1, -0.05) is 63.9 Å². The zero-order valence-electron chi connectivity index (χ0n) is 17.9. The van der Waals surface area contributed by atoms with Crippen molar-refractivity contribution in [3.05, 3.63) is 69.6 Å². The van der Waals surface area contributed by atoms with Crippen LogP contribution in [0.4, 0.5) is 0 Å². The Kier molecular flexibility index (Phi) is 7.61. The van der Waals surface area contributed by atoms with E-state index in [1.807, 2.05) is 50.4 Å². The quantitative estimate of drug-likeness (QED) is 0.647. The highest BCUT2D eigenvalue weighted by Crippen LogP contribution is 2.22. The van der Waals surface area contributed by atoms with Crippen LogP contribution in [0.25, 0.3) is 0 Å². The van der Waals surface area contributed by atoms with Gasteiger partial charge in [0.1, 0.15) is 5.56 Å². The summed E-state index contributed by atoms with van der Waals surface area (Å²) in [5.74, 6) is 0.00168. The van der Waals surface area contributed by atoms with Crippen LogP contribution in [0.5, 0.6) is 0 Å². The molecular weight excluding hydrogens is 348 g/mol. The molecule has 0 radical (unpaired) electrons. The van der Waals surface area contributed by atoms with Crippen LogP contribution in [0.1, 0.15) is 87.7 Å². The highest BCUT2D eigenvalue weighted by atomic mass is 16.2. The molecule has 0 aliphatic carbocycles. The number of benzene rings is 1. The average molecular weight is 383 g/mol. The molecule has 0 fully saturated rings. The predicted molar refractivity (Wildman–Crippen MR) is 116 cm³/mol. The minimum Gasteiger partial charge on any atom is -0.343 e. The van der Waals surface area contributed by atoms with Gasteiger partial charge in [0.25, 0.3) is 11.5 Å². The molecule has 0 unspecified atom stereocenters. The Morgan fingerprint density at radius 3 is 2.43 bits per heavy atom. The van der Waals surface area contributed by atoms with Gasteiger partial charge in [0, 0.05) is 12.7 Å². The monoisotopic (exact) mass is 382 g/mol. The van der Waals surface area contributed by atoms with Crippen molar-refractivity contribution in [2.75, 3.05) is 0 Å². The van der Waals surface area contributed by atoms with Gasteiger partial charge in [0.15, 0.2) is 0 Å². The predicted octanol–water partition coefficient (Wildman–Crippen LogP) is 5.22. The third-order valence-corrected chi connectivity index (χ3v) is 5.32. The summed E-state index contributed by atoms with van der Waals surface area (Å²) in [6.07, 6.45) is 5.96. The Bertz CT molecular complexity index is 837. The standard InChI is InChI=1S/C24H34N2O2/c1-6-8-15-26-17-19(18(3)12-7-2)16-21(23(26)28)22(27)25-24(4,5)20-13-10-9-11-14-20/h9-11,13-14,16-18H,6-8,12,15H2,1-5H3,(H,25,27)/t18-/m0/s1. The molecule has 0 saturated carbocycles. The minimum atomic E-state index is -0.565. The molecule has 28 heavy (non-hydrogen) atoms. The molecule has 0 bridgehead atoms. The van der Waals surface area contributed by atoms with Crippen LogP contribution in [0.3, 0.4) is 0 Å². The molecule has 0 saturated heterocycles. The van der Waals surface area contributed by atoms with Crippen LogP contribution in [0, 0.1) is 0 Å². The molecule has 0 aliphatic heterocycles. The topological polar surface area (TPSA) is 51.1 Å². The Hall–Kier alpha value is -2.36. The maximum atomic E-state index is 13.1. The molecule has 1 N–H and O–H groups in total. The van der Waals surface area contributed by atoms with E-state index in [4.69, 9.17) is 0 Å². The Morgan fingerprint density at radius 1 is 1.14 bits per heavy atom. The van der Waals surface area contributed by atoms with Crippen LogP contribution in [-0.4, -0.2) is 10.5 Å². The fraction of sp³-hybridized carbons (Fsp3) is 0.500. The third kappa shape index (κ3) is 5.34. The number of aryl methyl sites for hydroxylation is 1. The Balaban J connectivity index is 2.40. The third-order valence-electron chi connectivity index (χ3n) is 5.32. The molecule has 1 atom stereocenters. The summed E-state index contributed by atoms with van der Waals surface area (Å²) >= 11 is 0. The molecule has 152 valence electrons. The smallest absolute Gasteiger partial charge is 0.263 e. The van der Waals surface area contributed by atoms with Gasteiger partial charge in [-0.25, -0.2) is 0 Å². The number of amides is 1. The Morgan fingerprint density at radius 2 is 1.82 bits per heavy atom. The zero-order valence-corrected chi connectivity index (χ0v) is 17.9. The van der Waals surface area contributed by atoms with Crippen molar-refractivity contribution in [3.63, 3.8) is 0 Å². The highest BCUT2D eigenvalue weighted by Gasteiger charge is 2.25. The molecule has 4 nitrogen and oxygen atoms in total. The van der Waals surface area contributed by atoms with Gasteiger partial charge in [-0.05, 0) is 49.8 Å². The fourth-order valence-corrected chi connectivity index (χ4v) is 3.46. The summed E-state index contributed by atoms with van der Waals surface area (Å²) in [6.45, 7) is 11.0. The van der Waals surface area contributed by atoms with Crippen LogP contribution >= 0.6 is 0 Å². The van der Waals surface area contributed by atoms with E-state index in [1.165, 1.54) is 0 Å². The Labute approximate surface area is 169 Å². The summed E-state index contributed by atoms with van der Waals surface area (Å²) in [5.41, 5.74) is 1.53. The number of carbonyl (C=O) groups is 1. The van der Waals surface area contributed by atoms with E-state index in [9.17, 15) is 9.59 Å². The van der Waals surface area contributed by atoms with E-state index < -0.39 is 5.54 Å². The van der Waals surface area contributed by atoms with Crippen molar-refractivity contribution in [2.24, 2.45) is 0 Å².